The Morgan fingerprint density at radius 1 is 0.857 bits per heavy atom. The second-order valence-corrected chi connectivity index (χ2v) is 6.67. The number of carboxylic acids is 1. The van der Waals surface area contributed by atoms with Crippen LogP contribution >= 0.6 is 0 Å². The molecule has 1 atom stereocenters. The normalized spacial score (nSPS) is 11.8. The van der Waals surface area contributed by atoms with Gasteiger partial charge in [-0.05, 0) is 19.8 Å². The van der Waals surface area contributed by atoms with Crippen molar-refractivity contribution in [2.75, 3.05) is 33.0 Å². The number of carbonyl (C=O) groups is 3. The minimum Gasteiger partial charge on any atom is -0.480 e. The molecule has 0 aromatic rings. The molecule has 0 heterocycles. The number of hydrogen-bond acceptors (Lipinski definition) is 5. The van der Waals surface area contributed by atoms with Gasteiger partial charge in [-0.1, -0.05) is 39.0 Å². The number of unbranched alkanes of at least 4 members (excludes halogenated alkanes) is 5. The predicted molar refractivity (Wildman–Crippen MR) is 107 cm³/mol. The number of hydrogen-bond donors (Lipinski definition) is 3. The van der Waals surface area contributed by atoms with Crippen LogP contribution in [0.1, 0.15) is 71.6 Å². The molecule has 8 heteroatoms. The van der Waals surface area contributed by atoms with Gasteiger partial charge in [0.05, 0.1) is 19.8 Å². The molecule has 0 bridgehead atoms. The van der Waals surface area contributed by atoms with E-state index in [-0.39, 0.29) is 24.7 Å². The molecule has 0 aromatic heterocycles. The van der Waals surface area contributed by atoms with E-state index >= 15 is 0 Å². The van der Waals surface area contributed by atoms with Crippen LogP contribution in [0, 0.1) is 0 Å². The second-order valence-electron chi connectivity index (χ2n) is 6.67. The van der Waals surface area contributed by atoms with Crippen molar-refractivity contribution >= 4 is 17.8 Å². The smallest absolute Gasteiger partial charge is 0.326 e. The fraction of sp³-hybridized carbons (Fsp3) is 0.850. The number of carboxylic acid groups (broad SMARTS) is 1. The summed E-state index contributed by atoms with van der Waals surface area (Å²) in [6.07, 6.45) is 6.79. The summed E-state index contributed by atoms with van der Waals surface area (Å²) < 4.78 is 10.4. The van der Waals surface area contributed by atoms with Crippen molar-refractivity contribution in [1.29, 1.82) is 0 Å². The van der Waals surface area contributed by atoms with Gasteiger partial charge in [-0.3, -0.25) is 9.59 Å². The van der Waals surface area contributed by atoms with Gasteiger partial charge >= 0.3 is 5.97 Å². The molecule has 1 unspecified atom stereocenters. The van der Waals surface area contributed by atoms with Crippen LogP contribution in [0.5, 0.6) is 0 Å². The number of aliphatic carboxylic acids is 1. The van der Waals surface area contributed by atoms with Crippen molar-refractivity contribution in [1.82, 2.24) is 10.6 Å². The van der Waals surface area contributed by atoms with E-state index in [4.69, 9.17) is 9.47 Å². The fourth-order valence-electron chi connectivity index (χ4n) is 2.58. The molecule has 0 saturated heterocycles. The van der Waals surface area contributed by atoms with Crippen LogP contribution in [0.15, 0.2) is 0 Å². The second kappa shape index (κ2) is 18.7. The number of rotatable bonds is 19. The summed E-state index contributed by atoms with van der Waals surface area (Å²) in [6.45, 7) is 6.40. The highest BCUT2D eigenvalue weighted by Crippen LogP contribution is 2.07. The fourth-order valence-corrected chi connectivity index (χ4v) is 2.58. The van der Waals surface area contributed by atoms with E-state index in [0.717, 1.165) is 19.3 Å². The van der Waals surface area contributed by atoms with E-state index in [1.807, 2.05) is 6.92 Å². The first kappa shape index (κ1) is 26.3. The van der Waals surface area contributed by atoms with E-state index in [2.05, 4.69) is 17.6 Å². The Hall–Kier alpha value is -1.67. The maximum absolute atomic E-state index is 11.9. The summed E-state index contributed by atoms with van der Waals surface area (Å²) in [6, 6.07) is -1.04. The molecule has 0 aromatic carbocycles. The van der Waals surface area contributed by atoms with Crippen molar-refractivity contribution in [3.05, 3.63) is 0 Å². The van der Waals surface area contributed by atoms with Gasteiger partial charge in [0.2, 0.25) is 11.8 Å². The number of nitrogens with one attached hydrogen (secondary N) is 2. The van der Waals surface area contributed by atoms with Gasteiger partial charge in [-0.15, -0.1) is 0 Å². The van der Waals surface area contributed by atoms with Crippen LogP contribution in [-0.4, -0.2) is 61.9 Å². The molecule has 0 rings (SSSR count). The molecule has 0 spiro atoms. The lowest BCUT2D eigenvalue weighted by Crippen LogP contribution is -2.41. The minimum atomic E-state index is -1.12. The maximum atomic E-state index is 11.9. The highest BCUT2D eigenvalue weighted by molar-refractivity contribution is 5.84. The molecule has 0 radical (unpaired) electrons. The van der Waals surface area contributed by atoms with Gasteiger partial charge < -0.3 is 25.2 Å². The predicted octanol–water partition coefficient (Wildman–Crippen LogP) is 2.26. The zero-order chi connectivity index (χ0) is 21.0. The summed E-state index contributed by atoms with van der Waals surface area (Å²) in [5, 5.41) is 14.4. The van der Waals surface area contributed by atoms with E-state index < -0.39 is 12.0 Å². The van der Waals surface area contributed by atoms with Crippen molar-refractivity contribution in [2.45, 2.75) is 77.7 Å². The van der Waals surface area contributed by atoms with E-state index in [1.54, 1.807) is 0 Å². The number of ether oxygens (including phenoxy) is 2. The summed E-state index contributed by atoms with van der Waals surface area (Å²) in [4.78, 5) is 35.0. The third kappa shape index (κ3) is 16.5. The first-order valence-corrected chi connectivity index (χ1v) is 10.5. The first-order valence-electron chi connectivity index (χ1n) is 10.5. The van der Waals surface area contributed by atoms with Gasteiger partial charge in [0.25, 0.3) is 0 Å². The monoisotopic (exact) mass is 402 g/mol. The highest BCUT2D eigenvalue weighted by Gasteiger charge is 2.20. The van der Waals surface area contributed by atoms with Crippen molar-refractivity contribution in [3.8, 4) is 0 Å². The largest absolute Gasteiger partial charge is 0.480 e. The van der Waals surface area contributed by atoms with Gasteiger partial charge in [0, 0.05) is 26.0 Å². The third-order valence-corrected chi connectivity index (χ3v) is 4.20. The summed E-state index contributed by atoms with van der Waals surface area (Å²) in [5.41, 5.74) is 0. The quantitative estimate of drug-likeness (QED) is 0.286. The molecule has 164 valence electrons. The Kier molecular flexibility index (Phi) is 17.6. The van der Waals surface area contributed by atoms with Crippen LogP contribution in [-0.2, 0) is 23.9 Å². The van der Waals surface area contributed by atoms with Crippen LogP contribution < -0.4 is 10.6 Å². The third-order valence-electron chi connectivity index (χ3n) is 4.20. The first-order chi connectivity index (χ1) is 13.5. The SMILES string of the molecule is CCCCCCCCC(=O)NC(CCC(=O)NCCOCCOCC)C(=O)O. The Bertz CT molecular complexity index is 431. The number of amides is 2. The molecule has 0 saturated carbocycles. The Morgan fingerprint density at radius 2 is 1.54 bits per heavy atom. The molecule has 0 aliphatic heterocycles. The molecular formula is C20H38N2O6. The topological polar surface area (TPSA) is 114 Å². The average Bonchev–Trinajstić information content (AvgIpc) is 2.66. The standard InChI is InChI=1S/C20H38N2O6/c1-3-5-6-7-8-9-10-19(24)22-17(20(25)26)11-12-18(23)21-13-14-28-16-15-27-4-2/h17H,3-16H2,1-2H3,(H,21,23)(H,22,24)(H,25,26). The molecule has 0 aliphatic rings. The van der Waals surface area contributed by atoms with Crippen LogP contribution in [0.25, 0.3) is 0 Å². The molecule has 2 amide bonds. The number of carbonyl (C=O) groups excluding carboxylic acids is 2. The van der Waals surface area contributed by atoms with Crippen LogP contribution in [0.4, 0.5) is 0 Å². The molecule has 8 nitrogen and oxygen atoms in total. The molecular weight excluding hydrogens is 364 g/mol. The Labute approximate surface area is 168 Å². The van der Waals surface area contributed by atoms with Crippen molar-refractivity contribution in [2.24, 2.45) is 0 Å². The van der Waals surface area contributed by atoms with Gasteiger partial charge in [-0.25, -0.2) is 4.79 Å². The maximum Gasteiger partial charge on any atom is 0.326 e. The van der Waals surface area contributed by atoms with Crippen molar-refractivity contribution in [3.63, 3.8) is 0 Å². The summed E-state index contributed by atoms with van der Waals surface area (Å²) >= 11 is 0. The Balaban J connectivity index is 3.87. The molecule has 0 aliphatic carbocycles. The molecule has 0 fully saturated rings. The van der Waals surface area contributed by atoms with E-state index in [9.17, 15) is 19.5 Å². The van der Waals surface area contributed by atoms with Gasteiger partial charge in [0.15, 0.2) is 0 Å². The zero-order valence-electron chi connectivity index (χ0n) is 17.5. The molecule has 28 heavy (non-hydrogen) atoms. The van der Waals surface area contributed by atoms with E-state index in [1.165, 1.54) is 19.3 Å². The highest BCUT2D eigenvalue weighted by atomic mass is 16.5. The minimum absolute atomic E-state index is 0.0349. The zero-order valence-corrected chi connectivity index (χ0v) is 17.5. The van der Waals surface area contributed by atoms with Crippen LogP contribution in [0.3, 0.4) is 0 Å². The van der Waals surface area contributed by atoms with Crippen molar-refractivity contribution < 1.29 is 29.0 Å². The van der Waals surface area contributed by atoms with E-state index in [0.29, 0.717) is 39.4 Å². The lowest BCUT2D eigenvalue weighted by atomic mass is 10.1. The summed E-state index contributed by atoms with van der Waals surface area (Å²) in [7, 11) is 0. The summed E-state index contributed by atoms with van der Waals surface area (Å²) in [5.74, 6) is -1.65. The van der Waals surface area contributed by atoms with Gasteiger partial charge in [0.1, 0.15) is 6.04 Å². The van der Waals surface area contributed by atoms with Crippen LogP contribution in [0.2, 0.25) is 0 Å². The lowest BCUT2D eigenvalue weighted by Gasteiger charge is -2.14. The van der Waals surface area contributed by atoms with Gasteiger partial charge in [-0.2, -0.15) is 0 Å². The lowest BCUT2D eigenvalue weighted by molar-refractivity contribution is -0.142. The molecule has 3 N–H and O–H groups in total. The average molecular weight is 403 g/mol. The Morgan fingerprint density at radius 3 is 2.21 bits per heavy atom.